The molecule has 3 heterocycles. The number of amides is 2. The number of rotatable bonds is 4. The van der Waals surface area contributed by atoms with E-state index in [0.29, 0.717) is 30.9 Å². The molecule has 5 rings (SSSR count). The smallest absolute Gasteiger partial charge is 0.268 e. The molecule has 2 aromatic heterocycles. The van der Waals surface area contributed by atoms with Crippen LogP contribution in [-0.4, -0.2) is 21.4 Å². The molecule has 1 aliphatic rings. The van der Waals surface area contributed by atoms with Gasteiger partial charge in [0, 0.05) is 35.9 Å². The van der Waals surface area contributed by atoms with Crippen LogP contribution < -0.4 is 10.2 Å². The van der Waals surface area contributed by atoms with Crippen LogP contribution in [0, 0.1) is 6.92 Å². The molecule has 0 unspecified atom stereocenters. The second-order valence-electron chi connectivity index (χ2n) is 8.23. The number of nitrogens with zero attached hydrogens (tertiary/aromatic N) is 3. The van der Waals surface area contributed by atoms with Gasteiger partial charge in [-0.05, 0) is 54.4 Å². The minimum Gasteiger partial charge on any atom is -0.347 e. The molecule has 2 aromatic carbocycles. The van der Waals surface area contributed by atoms with Crippen LogP contribution in [0.2, 0.25) is 0 Å². The van der Waals surface area contributed by atoms with Crippen molar-refractivity contribution in [1.29, 1.82) is 0 Å². The van der Waals surface area contributed by atoms with Crippen LogP contribution in [0.25, 0.3) is 0 Å². The number of aromatic nitrogens is 2. The largest absolute Gasteiger partial charge is 0.347 e. The van der Waals surface area contributed by atoms with Gasteiger partial charge in [0.15, 0.2) is 0 Å². The Kier molecular flexibility index (Phi) is 5.48. The molecule has 2 amide bonds. The number of benzene rings is 2. The molecule has 0 saturated carbocycles. The van der Waals surface area contributed by atoms with E-state index in [-0.39, 0.29) is 11.8 Å². The first kappa shape index (κ1) is 20.7. The van der Waals surface area contributed by atoms with Crippen LogP contribution in [0.4, 0.5) is 5.69 Å². The number of carbonyl (C=O) groups is 2. The van der Waals surface area contributed by atoms with Crippen LogP contribution >= 0.6 is 0 Å². The monoisotopic (exact) mass is 436 g/mol. The number of aryl methyl sites for hydroxylation is 1. The van der Waals surface area contributed by atoms with Crippen molar-refractivity contribution in [2.24, 2.45) is 0 Å². The van der Waals surface area contributed by atoms with Crippen molar-refractivity contribution >= 4 is 17.5 Å². The van der Waals surface area contributed by atoms with Crippen molar-refractivity contribution in [2.75, 3.05) is 4.90 Å². The third-order valence-electron chi connectivity index (χ3n) is 5.92. The summed E-state index contributed by atoms with van der Waals surface area (Å²) in [5.41, 5.74) is 5.99. The fourth-order valence-corrected chi connectivity index (χ4v) is 4.25. The van der Waals surface area contributed by atoms with Gasteiger partial charge in [0.2, 0.25) is 0 Å². The Hall–Kier alpha value is -4.19. The number of pyridine rings is 1. The zero-order valence-electron chi connectivity index (χ0n) is 18.4. The second kappa shape index (κ2) is 8.74. The van der Waals surface area contributed by atoms with Crippen molar-refractivity contribution in [3.63, 3.8) is 0 Å². The van der Waals surface area contributed by atoms with E-state index in [1.165, 1.54) is 0 Å². The highest BCUT2D eigenvalue weighted by Gasteiger charge is 2.27. The molecule has 6 heteroatoms. The fraction of sp³-hybridized carbons (Fsp3) is 0.148. The molecule has 1 aliphatic heterocycles. The zero-order chi connectivity index (χ0) is 22.8. The second-order valence-corrected chi connectivity index (χ2v) is 8.23. The molecule has 1 N–H and O–H groups in total. The van der Waals surface area contributed by atoms with E-state index in [9.17, 15) is 9.59 Å². The first-order valence-corrected chi connectivity index (χ1v) is 10.9. The van der Waals surface area contributed by atoms with Crippen LogP contribution in [0.15, 0.2) is 85.2 Å². The van der Waals surface area contributed by atoms with E-state index < -0.39 is 0 Å². The summed E-state index contributed by atoms with van der Waals surface area (Å²) in [6.07, 6.45) is 3.45. The molecule has 0 bridgehead atoms. The van der Waals surface area contributed by atoms with Crippen molar-refractivity contribution in [1.82, 2.24) is 14.9 Å². The molecule has 0 atom stereocenters. The molecular weight excluding hydrogens is 412 g/mol. The summed E-state index contributed by atoms with van der Waals surface area (Å²) >= 11 is 0. The summed E-state index contributed by atoms with van der Waals surface area (Å²) in [6, 6.07) is 23.1. The Labute approximate surface area is 192 Å². The Morgan fingerprint density at radius 2 is 1.85 bits per heavy atom. The van der Waals surface area contributed by atoms with Crippen molar-refractivity contribution < 1.29 is 9.59 Å². The Bertz CT molecular complexity index is 1330. The van der Waals surface area contributed by atoms with E-state index in [1.807, 2.05) is 84.3 Å². The van der Waals surface area contributed by atoms with Crippen molar-refractivity contribution in [3.8, 4) is 0 Å². The molecule has 0 aliphatic carbocycles. The Morgan fingerprint density at radius 1 is 0.970 bits per heavy atom. The summed E-state index contributed by atoms with van der Waals surface area (Å²) < 4.78 is 2.00. The standard InChI is InChI=1S/C27H24N4O2/c1-19-6-4-9-21(14-19)27(33)31-18-23-11-12-25(26(32)29-16-20-7-5-13-28-15-20)30(23)17-22-8-2-3-10-24(22)31/h2-15H,16-18H2,1H3,(H,29,32). The lowest BCUT2D eigenvalue weighted by Gasteiger charge is -2.23. The molecule has 33 heavy (non-hydrogen) atoms. The van der Waals surface area contributed by atoms with E-state index >= 15 is 0 Å². The molecule has 0 radical (unpaired) electrons. The van der Waals surface area contributed by atoms with Gasteiger partial charge in [0.25, 0.3) is 11.8 Å². The number of hydrogen-bond donors (Lipinski definition) is 1. The van der Waals surface area contributed by atoms with Crippen LogP contribution in [0.5, 0.6) is 0 Å². The topological polar surface area (TPSA) is 67.2 Å². The van der Waals surface area contributed by atoms with Gasteiger partial charge < -0.3 is 14.8 Å². The number of fused-ring (bicyclic) bond motifs is 2. The molecule has 6 nitrogen and oxygen atoms in total. The first-order valence-electron chi connectivity index (χ1n) is 10.9. The quantitative estimate of drug-likeness (QED) is 0.518. The summed E-state index contributed by atoms with van der Waals surface area (Å²) in [5, 5.41) is 2.98. The van der Waals surface area contributed by atoms with E-state index in [4.69, 9.17) is 0 Å². The van der Waals surface area contributed by atoms with Gasteiger partial charge in [-0.3, -0.25) is 14.6 Å². The van der Waals surface area contributed by atoms with Gasteiger partial charge in [-0.15, -0.1) is 0 Å². The predicted octanol–water partition coefficient (Wildman–Crippen LogP) is 4.33. The van der Waals surface area contributed by atoms with E-state index in [2.05, 4.69) is 10.3 Å². The highest BCUT2D eigenvalue weighted by molar-refractivity contribution is 6.06. The molecule has 0 spiro atoms. The van der Waals surface area contributed by atoms with Gasteiger partial charge >= 0.3 is 0 Å². The maximum atomic E-state index is 13.5. The van der Waals surface area contributed by atoms with Gasteiger partial charge in [-0.25, -0.2) is 0 Å². The van der Waals surface area contributed by atoms with E-state index in [1.54, 1.807) is 17.3 Å². The molecule has 4 aromatic rings. The van der Waals surface area contributed by atoms with E-state index in [0.717, 1.165) is 28.1 Å². The van der Waals surface area contributed by atoms with Gasteiger partial charge in [-0.1, -0.05) is 42.0 Å². The number of para-hydroxylation sites is 1. The third-order valence-corrected chi connectivity index (χ3v) is 5.92. The minimum atomic E-state index is -0.152. The average molecular weight is 437 g/mol. The molecule has 164 valence electrons. The third kappa shape index (κ3) is 4.15. The Balaban J connectivity index is 1.46. The van der Waals surface area contributed by atoms with Gasteiger partial charge in [-0.2, -0.15) is 0 Å². The average Bonchev–Trinajstić information content (AvgIpc) is 3.16. The lowest BCUT2D eigenvalue weighted by molar-refractivity contribution is 0.0941. The summed E-state index contributed by atoms with van der Waals surface area (Å²) in [7, 11) is 0. The van der Waals surface area contributed by atoms with Crippen LogP contribution in [0.1, 0.15) is 43.2 Å². The molecule has 0 saturated heterocycles. The predicted molar refractivity (Wildman–Crippen MR) is 127 cm³/mol. The molecule has 0 fully saturated rings. The fourth-order valence-electron chi connectivity index (χ4n) is 4.25. The number of carbonyl (C=O) groups excluding carboxylic acids is 2. The SMILES string of the molecule is Cc1cccc(C(=O)N2Cc3ccc(C(=O)NCc4cccnc4)n3Cc3ccccc32)c1. The van der Waals surface area contributed by atoms with Crippen LogP contribution in [-0.2, 0) is 19.6 Å². The number of hydrogen-bond acceptors (Lipinski definition) is 3. The maximum Gasteiger partial charge on any atom is 0.268 e. The normalized spacial score (nSPS) is 12.5. The highest BCUT2D eigenvalue weighted by atomic mass is 16.2. The lowest BCUT2D eigenvalue weighted by atomic mass is 10.1. The maximum absolute atomic E-state index is 13.5. The van der Waals surface area contributed by atoms with Gasteiger partial charge in [0.1, 0.15) is 5.69 Å². The zero-order valence-corrected chi connectivity index (χ0v) is 18.4. The minimum absolute atomic E-state index is 0.0524. The van der Waals surface area contributed by atoms with Crippen molar-refractivity contribution in [3.05, 3.63) is 119 Å². The van der Waals surface area contributed by atoms with Crippen LogP contribution in [0.3, 0.4) is 0 Å². The number of nitrogens with one attached hydrogen (secondary N) is 1. The van der Waals surface area contributed by atoms with Crippen molar-refractivity contribution in [2.45, 2.75) is 26.6 Å². The lowest BCUT2D eigenvalue weighted by Crippen LogP contribution is -2.30. The highest BCUT2D eigenvalue weighted by Crippen LogP contribution is 2.30. The first-order chi connectivity index (χ1) is 16.1. The Morgan fingerprint density at radius 3 is 2.67 bits per heavy atom. The molecular formula is C27H24N4O2. The number of anilines is 1. The summed E-state index contributed by atoms with van der Waals surface area (Å²) in [4.78, 5) is 32.4. The summed E-state index contributed by atoms with van der Waals surface area (Å²) in [6.45, 7) is 3.29. The van der Waals surface area contributed by atoms with Gasteiger partial charge in [0.05, 0.1) is 13.1 Å². The summed E-state index contributed by atoms with van der Waals surface area (Å²) in [5.74, 6) is -0.204.